The molecule has 0 radical (unpaired) electrons. The third-order valence-electron chi connectivity index (χ3n) is 3.77. The van der Waals surface area contributed by atoms with E-state index in [2.05, 4.69) is 17.1 Å². The van der Waals surface area contributed by atoms with Crippen molar-refractivity contribution in [3.63, 3.8) is 0 Å². The molecule has 0 amide bonds. The van der Waals surface area contributed by atoms with E-state index in [1.165, 1.54) is 23.4 Å². The maximum absolute atomic E-state index is 11.4. The Hall–Kier alpha value is -2.56. The Morgan fingerprint density at radius 2 is 2.05 bits per heavy atom. The normalized spacial score (nSPS) is 14.4. The predicted octanol–water partition coefficient (Wildman–Crippen LogP) is 2.31. The second-order valence-electron chi connectivity index (χ2n) is 5.24. The number of fused-ring (bicyclic) bond motifs is 1. The zero-order valence-electron chi connectivity index (χ0n) is 11.6. The molecule has 0 saturated carbocycles. The van der Waals surface area contributed by atoms with Crippen LogP contribution in [0.1, 0.15) is 27.9 Å². The van der Waals surface area contributed by atoms with Crippen LogP contribution in [0.15, 0.2) is 36.5 Å². The Morgan fingerprint density at radius 3 is 2.81 bits per heavy atom. The molecule has 0 spiro atoms. The summed E-state index contributed by atoms with van der Waals surface area (Å²) in [6.07, 6.45) is 3.49. The Labute approximate surface area is 123 Å². The molecule has 1 aliphatic heterocycles. The first-order valence-corrected chi connectivity index (χ1v) is 6.95. The predicted molar refractivity (Wildman–Crippen MR) is 81.4 cm³/mol. The van der Waals surface area contributed by atoms with Gasteiger partial charge in [-0.15, -0.1) is 0 Å². The number of pyridine rings is 1. The van der Waals surface area contributed by atoms with Gasteiger partial charge in [-0.1, -0.05) is 24.3 Å². The summed E-state index contributed by atoms with van der Waals surface area (Å²) in [5.74, 6) is -0.504. The van der Waals surface area contributed by atoms with E-state index in [9.17, 15) is 9.90 Å². The lowest BCUT2D eigenvalue weighted by Crippen LogP contribution is -2.26. The maximum atomic E-state index is 11.4. The minimum absolute atomic E-state index is 0.161. The highest BCUT2D eigenvalue weighted by molar-refractivity contribution is 5.94. The standard InChI is InChI=1S/C16H17N3O2/c17-13-8-14(16(20)21)15(18-9-13)19-7-3-6-11-4-1-2-5-12(11)10-19/h1-2,4-5,8-9H,3,6-7,10,17H2,(H,20,21). The van der Waals surface area contributed by atoms with Gasteiger partial charge in [-0.3, -0.25) is 0 Å². The summed E-state index contributed by atoms with van der Waals surface area (Å²) in [6, 6.07) is 9.75. The van der Waals surface area contributed by atoms with Crippen molar-refractivity contribution in [2.24, 2.45) is 0 Å². The number of nitrogen functional groups attached to an aromatic ring is 1. The summed E-state index contributed by atoms with van der Waals surface area (Å²) in [7, 11) is 0. The molecule has 2 heterocycles. The summed E-state index contributed by atoms with van der Waals surface area (Å²) in [5.41, 5.74) is 8.74. The van der Waals surface area contributed by atoms with Crippen molar-refractivity contribution < 1.29 is 9.90 Å². The van der Waals surface area contributed by atoms with E-state index < -0.39 is 5.97 Å². The van der Waals surface area contributed by atoms with Crippen LogP contribution < -0.4 is 10.6 Å². The SMILES string of the molecule is Nc1cnc(N2CCCc3ccccc3C2)c(C(=O)O)c1. The zero-order valence-corrected chi connectivity index (χ0v) is 11.6. The van der Waals surface area contributed by atoms with E-state index in [1.54, 1.807) is 0 Å². The van der Waals surface area contributed by atoms with Gasteiger partial charge in [0.2, 0.25) is 0 Å². The number of hydrogen-bond donors (Lipinski definition) is 2. The Kier molecular flexibility index (Phi) is 3.48. The van der Waals surface area contributed by atoms with Gasteiger partial charge < -0.3 is 15.7 Å². The number of benzene rings is 1. The zero-order chi connectivity index (χ0) is 14.8. The number of carboxylic acids is 1. The average Bonchev–Trinajstić information content (AvgIpc) is 2.69. The van der Waals surface area contributed by atoms with Crippen LogP contribution >= 0.6 is 0 Å². The lowest BCUT2D eigenvalue weighted by Gasteiger charge is -2.23. The smallest absolute Gasteiger partial charge is 0.339 e. The summed E-state index contributed by atoms with van der Waals surface area (Å²) >= 11 is 0. The van der Waals surface area contributed by atoms with Crippen LogP contribution in [0, 0.1) is 0 Å². The number of aryl methyl sites for hydroxylation is 1. The number of carbonyl (C=O) groups is 1. The van der Waals surface area contributed by atoms with E-state index in [-0.39, 0.29) is 5.56 Å². The summed E-state index contributed by atoms with van der Waals surface area (Å²) < 4.78 is 0. The highest BCUT2D eigenvalue weighted by atomic mass is 16.4. The van der Waals surface area contributed by atoms with Crippen LogP contribution in [0.3, 0.4) is 0 Å². The Morgan fingerprint density at radius 1 is 1.29 bits per heavy atom. The van der Waals surface area contributed by atoms with E-state index in [1.807, 2.05) is 17.0 Å². The topological polar surface area (TPSA) is 79.5 Å². The molecule has 21 heavy (non-hydrogen) atoms. The van der Waals surface area contributed by atoms with Crippen LogP contribution in [0.25, 0.3) is 0 Å². The first-order chi connectivity index (χ1) is 10.1. The fourth-order valence-electron chi connectivity index (χ4n) is 2.76. The van der Waals surface area contributed by atoms with Crippen molar-refractivity contribution in [2.75, 3.05) is 17.2 Å². The molecule has 0 unspecified atom stereocenters. The molecule has 0 atom stereocenters. The minimum Gasteiger partial charge on any atom is -0.478 e. The molecule has 5 heteroatoms. The van der Waals surface area contributed by atoms with Gasteiger partial charge >= 0.3 is 5.97 Å². The fraction of sp³-hybridized carbons (Fsp3) is 0.250. The molecular formula is C16H17N3O2. The van der Waals surface area contributed by atoms with Crippen LogP contribution in [0.5, 0.6) is 0 Å². The van der Waals surface area contributed by atoms with E-state index >= 15 is 0 Å². The van der Waals surface area contributed by atoms with Gasteiger partial charge in [0.25, 0.3) is 0 Å². The van der Waals surface area contributed by atoms with Gasteiger partial charge in [-0.05, 0) is 30.0 Å². The molecule has 1 aromatic carbocycles. The van der Waals surface area contributed by atoms with Gasteiger partial charge in [-0.25, -0.2) is 9.78 Å². The summed E-state index contributed by atoms with van der Waals surface area (Å²) in [6.45, 7) is 1.46. The number of aromatic nitrogens is 1. The molecule has 0 bridgehead atoms. The third-order valence-corrected chi connectivity index (χ3v) is 3.77. The molecule has 5 nitrogen and oxygen atoms in total. The quantitative estimate of drug-likeness (QED) is 0.884. The first-order valence-electron chi connectivity index (χ1n) is 6.95. The number of nitrogens with zero attached hydrogens (tertiary/aromatic N) is 2. The largest absolute Gasteiger partial charge is 0.478 e. The van der Waals surface area contributed by atoms with Gasteiger partial charge in [0.05, 0.1) is 11.9 Å². The molecule has 3 N–H and O–H groups in total. The molecule has 0 saturated heterocycles. The molecule has 1 aromatic heterocycles. The van der Waals surface area contributed by atoms with Crippen molar-refractivity contribution >= 4 is 17.5 Å². The highest BCUT2D eigenvalue weighted by Gasteiger charge is 2.21. The molecule has 0 aliphatic carbocycles. The molecular weight excluding hydrogens is 266 g/mol. The van der Waals surface area contributed by atoms with E-state index in [0.29, 0.717) is 18.1 Å². The van der Waals surface area contributed by atoms with E-state index in [4.69, 9.17) is 5.73 Å². The molecule has 1 aliphatic rings. The summed E-state index contributed by atoms with van der Waals surface area (Å²) in [4.78, 5) is 17.7. The van der Waals surface area contributed by atoms with Gasteiger partial charge in [0.15, 0.2) is 0 Å². The lowest BCUT2D eigenvalue weighted by molar-refractivity contribution is 0.0697. The number of carboxylic acid groups (broad SMARTS) is 1. The monoisotopic (exact) mass is 283 g/mol. The maximum Gasteiger partial charge on any atom is 0.339 e. The second kappa shape index (κ2) is 5.44. The van der Waals surface area contributed by atoms with Crippen LogP contribution in [-0.4, -0.2) is 22.6 Å². The van der Waals surface area contributed by atoms with Crippen LogP contribution in [0.2, 0.25) is 0 Å². The van der Waals surface area contributed by atoms with Crippen molar-refractivity contribution in [3.05, 3.63) is 53.2 Å². The fourth-order valence-corrected chi connectivity index (χ4v) is 2.76. The number of nitrogens with two attached hydrogens (primary N) is 1. The van der Waals surface area contributed by atoms with Crippen molar-refractivity contribution in [3.8, 4) is 0 Å². The van der Waals surface area contributed by atoms with Gasteiger partial charge in [0.1, 0.15) is 11.4 Å². The third kappa shape index (κ3) is 2.67. The Balaban J connectivity index is 2.00. The van der Waals surface area contributed by atoms with Crippen LogP contribution in [-0.2, 0) is 13.0 Å². The van der Waals surface area contributed by atoms with Crippen molar-refractivity contribution in [1.29, 1.82) is 0 Å². The summed E-state index contributed by atoms with van der Waals surface area (Å²) in [5, 5.41) is 9.36. The Bertz CT molecular complexity index is 685. The highest BCUT2D eigenvalue weighted by Crippen LogP contribution is 2.26. The molecule has 108 valence electrons. The van der Waals surface area contributed by atoms with Gasteiger partial charge in [-0.2, -0.15) is 0 Å². The first kappa shape index (κ1) is 13.4. The lowest BCUT2D eigenvalue weighted by atomic mass is 10.0. The number of aromatic carboxylic acids is 1. The number of anilines is 2. The second-order valence-corrected chi connectivity index (χ2v) is 5.24. The van der Waals surface area contributed by atoms with Gasteiger partial charge in [0, 0.05) is 13.1 Å². The van der Waals surface area contributed by atoms with Crippen molar-refractivity contribution in [1.82, 2.24) is 4.98 Å². The number of hydrogen-bond acceptors (Lipinski definition) is 4. The van der Waals surface area contributed by atoms with Crippen LogP contribution in [0.4, 0.5) is 11.5 Å². The number of rotatable bonds is 2. The van der Waals surface area contributed by atoms with E-state index in [0.717, 1.165) is 19.4 Å². The molecule has 3 rings (SSSR count). The minimum atomic E-state index is -0.998. The molecule has 0 fully saturated rings. The van der Waals surface area contributed by atoms with Crippen molar-refractivity contribution in [2.45, 2.75) is 19.4 Å². The average molecular weight is 283 g/mol. The molecule has 2 aromatic rings.